The van der Waals surface area contributed by atoms with Crippen molar-refractivity contribution in [3.63, 3.8) is 0 Å². The van der Waals surface area contributed by atoms with Crippen LogP contribution in [0.4, 0.5) is 30.7 Å². The van der Waals surface area contributed by atoms with Crippen LogP contribution in [-0.2, 0) is 20.8 Å². The fraction of sp³-hybridized carbons (Fsp3) is 0.440. The van der Waals surface area contributed by atoms with Crippen LogP contribution < -0.4 is 5.32 Å². The number of carbonyl (C=O) groups excluding carboxylic acids is 2. The lowest BCUT2D eigenvalue weighted by Gasteiger charge is -2.27. The molecule has 2 aromatic carbocycles. The van der Waals surface area contributed by atoms with E-state index < -0.39 is 68.1 Å². The predicted molar refractivity (Wildman–Crippen MR) is 124 cm³/mol. The summed E-state index contributed by atoms with van der Waals surface area (Å²) in [6.07, 6.45) is -7.92. The van der Waals surface area contributed by atoms with Gasteiger partial charge in [0.05, 0.1) is 16.5 Å². The minimum absolute atomic E-state index is 0.0964. The maximum absolute atomic E-state index is 14.7. The van der Waals surface area contributed by atoms with Crippen LogP contribution in [0.15, 0.2) is 47.4 Å². The van der Waals surface area contributed by atoms with Gasteiger partial charge in [-0.25, -0.2) is 12.8 Å². The summed E-state index contributed by atoms with van der Waals surface area (Å²) in [5, 5.41) is 2.66. The van der Waals surface area contributed by atoms with Gasteiger partial charge in [0.25, 0.3) is 5.91 Å². The lowest BCUT2D eigenvalue weighted by Crippen LogP contribution is -2.47. The summed E-state index contributed by atoms with van der Waals surface area (Å²) < 4.78 is 116. The van der Waals surface area contributed by atoms with Crippen LogP contribution in [0.5, 0.6) is 0 Å². The zero-order chi connectivity index (χ0) is 28.8. The topological polar surface area (TPSA) is 83.6 Å². The molecule has 0 aromatic heterocycles. The number of hydrogen-bond acceptors (Lipinski definition) is 4. The smallest absolute Gasteiger partial charge is 0.347 e. The van der Waals surface area contributed by atoms with E-state index in [2.05, 4.69) is 5.32 Å². The number of halogens is 7. The molecule has 14 heteroatoms. The SMILES string of the molecule is O=C(N[C@@H](c1ccc(C(F)(F)F)cc1F)C1CC1)[C@H]1CCCN1C(=O)c1cccc(S(=O)(=O)CC(F)(F)F)c1. The van der Waals surface area contributed by atoms with Gasteiger partial charge in [-0.1, -0.05) is 12.1 Å². The number of benzene rings is 2. The summed E-state index contributed by atoms with van der Waals surface area (Å²) in [6, 6.07) is 4.19. The van der Waals surface area contributed by atoms with Gasteiger partial charge in [-0.15, -0.1) is 0 Å². The minimum Gasteiger partial charge on any atom is -0.347 e. The number of hydrogen-bond donors (Lipinski definition) is 1. The molecule has 39 heavy (non-hydrogen) atoms. The Bertz CT molecular complexity index is 1370. The van der Waals surface area contributed by atoms with Gasteiger partial charge in [0.1, 0.15) is 11.9 Å². The van der Waals surface area contributed by atoms with Crippen LogP contribution in [0.1, 0.15) is 53.2 Å². The lowest BCUT2D eigenvalue weighted by molar-refractivity contribution is -0.137. The Morgan fingerprint density at radius 1 is 1.00 bits per heavy atom. The first-order valence-electron chi connectivity index (χ1n) is 11.9. The molecule has 1 aliphatic heterocycles. The number of nitrogens with one attached hydrogen (secondary N) is 1. The first-order valence-corrected chi connectivity index (χ1v) is 13.6. The largest absolute Gasteiger partial charge is 0.416 e. The monoisotopic (exact) mass is 580 g/mol. The van der Waals surface area contributed by atoms with E-state index in [1.54, 1.807) is 0 Å². The van der Waals surface area contributed by atoms with Crippen molar-refractivity contribution in [3.8, 4) is 0 Å². The summed E-state index contributed by atoms with van der Waals surface area (Å²) >= 11 is 0. The predicted octanol–water partition coefficient (Wildman–Crippen LogP) is 5.05. The highest BCUT2D eigenvalue weighted by molar-refractivity contribution is 7.91. The average Bonchev–Trinajstić information content (AvgIpc) is 3.55. The van der Waals surface area contributed by atoms with Crippen LogP contribution >= 0.6 is 0 Å². The minimum atomic E-state index is -4.98. The zero-order valence-electron chi connectivity index (χ0n) is 20.2. The second kappa shape index (κ2) is 10.4. The molecule has 2 fully saturated rings. The van der Waals surface area contributed by atoms with Crippen molar-refractivity contribution in [1.29, 1.82) is 0 Å². The van der Waals surface area contributed by atoms with Crippen LogP contribution in [-0.4, -0.2) is 49.6 Å². The second-order valence-electron chi connectivity index (χ2n) is 9.62. The molecule has 6 nitrogen and oxygen atoms in total. The molecule has 0 spiro atoms. The van der Waals surface area contributed by atoms with Gasteiger partial charge in [-0.3, -0.25) is 9.59 Å². The molecule has 212 valence electrons. The van der Waals surface area contributed by atoms with Crippen LogP contribution in [0.2, 0.25) is 0 Å². The number of carbonyl (C=O) groups is 2. The maximum Gasteiger partial charge on any atom is 0.416 e. The molecule has 1 aliphatic carbocycles. The van der Waals surface area contributed by atoms with Gasteiger partial charge < -0.3 is 10.2 Å². The summed E-state index contributed by atoms with van der Waals surface area (Å²) in [4.78, 5) is 26.8. The number of rotatable bonds is 7. The Morgan fingerprint density at radius 3 is 2.28 bits per heavy atom. The molecule has 4 rings (SSSR count). The van der Waals surface area contributed by atoms with Crippen molar-refractivity contribution >= 4 is 21.7 Å². The maximum atomic E-state index is 14.7. The quantitative estimate of drug-likeness (QED) is 0.465. The van der Waals surface area contributed by atoms with E-state index in [0.717, 1.165) is 35.2 Å². The van der Waals surface area contributed by atoms with Gasteiger partial charge in [-0.2, -0.15) is 26.3 Å². The molecule has 0 bridgehead atoms. The van der Waals surface area contributed by atoms with Gasteiger partial charge in [0.15, 0.2) is 15.6 Å². The van der Waals surface area contributed by atoms with E-state index in [1.165, 1.54) is 6.07 Å². The Kier molecular flexibility index (Phi) is 7.71. The molecule has 2 aliphatic rings. The molecule has 1 saturated heterocycles. The van der Waals surface area contributed by atoms with Crippen LogP contribution in [0.25, 0.3) is 0 Å². The van der Waals surface area contributed by atoms with E-state index in [1.807, 2.05) is 0 Å². The number of likely N-dealkylation sites (tertiary alicyclic amines) is 1. The van der Waals surface area contributed by atoms with Gasteiger partial charge in [-0.05, 0) is 61.9 Å². The Morgan fingerprint density at radius 2 is 1.69 bits per heavy atom. The Balaban J connectivity index is 1.53. The van der Waals surface area contributed by atoms with Crippen molar-refractivity contribution in [2.45, 2.75) is 55.0 Å². The van der Waals surface area contributed by atoms with Crippen molar-refractivity contribution < 1.29 is 48.7 Å². The molecule has 2 amide bonds. The fourth-order valence-corrected chi connectivity index (χ4v) is 5.84. The highest BCUT2D eigenvalue weighted by Crippen LogP contribution is 2.43. The first-order chi connectivity index (χ1) is 18.1. The number of nitrogens with zero attached hydrogens (tertiary/aromatic N) is 1. The lowest BCUT2D eigenvalue weighted by atomic mass is 9.99. The zero-order valence-corrected chi connectivity index (χ0v) is 21.0. The molecular weight excluding hydrogens is 557 g/mol. The van der Waals surface area contributed by atoms with Crippen molar-refractivity contribution in [1.82, 2.24) is 10.2 Å². The number of sulfone groups is 1. The van der Waals surface area contributed by atoms with Crippen molar-refractivity contribution in [3.05, 3.63) is 65.0 Å². The average molecular weight is 581 g/mol. The van der Waals surface area contributed by atoms with E-state index >= 15 is 0 Å². The molecule has 0 radical (unpaired) electrons. The fourth-order valence-electron chi connectivity index (χ4n) is 4.65. The highest BCUT2D eigenvalue weighted by atomic mass is 32.2. The van der Waals surface area contributed by atoms with E-state index in [9.17, 15) is 48.7 Å². The van der Waals surface area contributed by atoms with E-state index in [4.69, 9.17) is 0 Å². The van der Waals surface area contributed by atoms with E-state index in [0.29, 0.717) is 25.3 Å². The first kappa shape index (κ1) is 28.8. The van der Waals surface area contributed by atoms with E-state index in [-0.39, 0.29) is 30.0 Å². The number of alkyl halides is 6. The molecule has 1 heterocycles. The number of amides is 2. The standard InChI is InChI=1S/C25H23F7N2O4S/c26-19-12-16(25(30,31)32)8-9-18(19)21(14-6-7-14)33-22(35)20-5-2-10-34(20)23(36)15-3-1-4-17(11-15)39(37,38)13-24(27,28)29/h1,3-4,8-9,11-12,14,20-21H,2,5-7,10,13H2,(H,33,35)/t20-,21-/m1/s1. The molecule has 0 unspecified atom stereocenters. The third-order valence-corrected chi connectivity index (χ3v) is 8.34. The molecule has 1 saturated carbocycles. The molecule has 1 N–H and O–H groups in total. The third kappa shape index (κ3) is 6.71. The Hall–Kier alpha value is -3.16. The highest BCUT2D eigenvalue weighted by Gasteiger charge is 2.41. The molecule has 2 aromatic rings. The summed E-state index contributed by atoms with van der Waals surface area (Å²) in [6.45, 7) is 0.0964. The van der Waals surface area contributed by atoms with Crippen LogP contribution in [0.3, 0.4) is 0 Å². The molecular formula is C25H23F7N2O4S. The normalized spacial score (nSPS) is 19.2. The third-order valence-electron chi connectivity index (χ3n) is 6.66. The van der Waals surface area contributed by atoms with Gasteiger partial charge >= 0.3 is 12.4 Å². The summed E-state index contributed by atoms with van der Waals surface area (Å²) in [5.74, 6) is -4.88. The van der Waals surface area contributed by atoms with Gasteiger partial charge in [0.2, 0.25) is 5.91 Å². The van der Waals surface area contributed by atoms with Crippen molar-refractivity contribution in [2.75, 3.05) is 12.3 Å². The summed E-state index contributed by atoms with van der Waals surface area (Å²) in [7, 11) is -4.77. The van der Waals surface area contributed by atoms with Crippen molar-refractivity contribution in [2.24, 2.45) is 5.92 Å². The van der Waals surface area contributed by atoms with Crippen LogP contribution in [0, 0.1) is 11.7 Å². The molecule has 2 atom stereocenters. The second-order valence-corrected chi connectivity index (χ2v) is 11.6. The van der Waals surface area contributed by atoms with Gasteiger partial charge in [0, 0.05) is 17.7 Å². The Labute approximate surface area is 219 Å². The summed E-state index contributed by atoms with van der Waals surface area (Å²) in [5.41, 5.74) is -1.51.